The van der Waals surface area contributed by atoms with Gasteiger partial charge in [0.05, 0.1) is 0 Å². The topological polar surface area (TPSA) is 23.5 Å². The Morgan fingerprint density at radius 2 is 0.788 bits per heavy atom. The Kier molecular flexibility index (Phi) is 9.22. The molecule has 168 valence electrons. The standard InChI is InChI=1S/C29H31NOP2/c31-23-13-22-30(24-32(26-14-5-1-6-15-26)27-16-7-2-8-17-27)25-33(28-18-9-3-10-19-28)29-20-11-4-12-21-29/h1-12,14-21,31H,13,22-25H2. The van der Waals surface area contributed by atoms with Crippen LogP contribution in [0.4, 0.5) is 0 Å². The molecule has 0 bridgehead atoms. The van der Waals surface area contributed by atoms with Crippen molar-refractivity contribution in [3.05, 3.63) is 121 Å². The predicted octanol–water partition coefficient (Wildman–Crippen LogP) is 4.85. The van der Waals surface area contributed by atoms with Crippen molar-refractivity contribution in [2.45, 2.75) is 6.42 Å². The lowest BCUT2D eigenvalue weighted by Crippen LogP contribution is -2.33. The third kappa shape index (κ3) is 6.83. The first-order valence-electron chi connectivity index (χ1n) is 11.4. The zero-order valence-corrected chi connectivity index (χ0v) is 20.7. The van der Waals surface area contributed by atoms with Gasteiger partial charge in [0.25, 0.3) is 0 Å². The van der Waals surface area contributed by atoms with E-state index in [2.05, 4.69) is 126 Å². The molecule has 4 aromatic carbocycles. The van der Waals surface area contributed by atoms with Gasteiger partial charge in [0.15, 0.2) is 0 Å². The highest BCUT2D eigenvalue weighted by atomic mass is 31.1. The molecule has 0 fully saturated rings. The quantitative estimate of drug-likeness (QED) is 0.316. The van der Waals surface area contributed by atoms with Gasteiger partial charge in [-0.2, -0.15) is 0 Å². The molecule has 0 heterocycles. The SMILES string of the molecule is OCCCN(CP(c1ccccc1)c1ccccc1)CP(c1ccccc1)c1ccccc1. The molecule has 0 aromatic heterocycles. The molecule has 0 spiro atoms. The van der Waals surface area contributed by atoms with Crippen molar-refractivity contribution in [2.75, 3.05) is 25.7 Å². The van der Waals surface area contributed by atoms with Crippen molar-refractivity contribution < 1.29 is 5.11 Å². The van der Waals surface area contributed by atoms with Crippen molar-refractivity contribution in [3.63, 3.8) is 0 Å². The van der Waals surface area contributed by atoms with E-state index >= 15 is 0 Å². The number of rotatable bonds is 11. The maximum atomic E-state index is 9.64. The Morgan fingerprint density at radius 3 is 1.06 bits per heavy atom. The van der Waals surface area contributed by atoms with Crippen molar-refractivity contribution in [2.24, 2.45) is 0 Å². The largest absolute Gasteiger partial charge is 0.396 e. The van der Waals surface area contributed by atoms with Gasteiger partial charge < -0.3 is 5.11 Å². The molecule has 0 aliphatic carbocycles. The summed E-state index contributed by atoms with van der Waals surface area (Å²) in [6.07, 6.45) is 2.77. The van der Waals surface area contributed by atoms with Gasteiger partial charge in [-0.15, -0.1) is 0 Å². The highest BCUT2D eigenvalue weighted by Crippen LogP contribution is 2.39. The third-order valence-corrected chi connectivity index (χ3v) is 10.6. The van der Waals surface area contributed by atoms with Crippen LogP contribution >= 0.6 is 15.8 Å². The summed E-state index contributed by atoms with van der Waals surface area (Å²) in [6, 6.07) is 43.6. The molecule has 4 heteroatoms. The van der Waals surface area contributed by atoms with Gasteiger partial charge in [0.2, 0.25) is 0 Å². The zero-order valence-electron chi connectivity index (χ0n) is 18.9. The first-order valence-corrected chi connectivity index (χ1v) is 14.5. The van der Waals surface area contributed by atoms with Gasteiger partial charge in [0, 0.05) is 25.7 Å². The van der Waals surface area contributed by atoms with E-state index in [0.717, 1.165) is 25.5 Å². The normalized spacial score (nSPS) is 11.4. The lowest BCUT2D eigenvalue weighted by Gasteiger charge is -2.32. The van der Waals surface area contributed by atoms with Crippen LogP contribution in [0.15, 0.2) is 121 Å². The van der Waals surface area contributed by atoms with Crippen LogP contribution in [0.2, 0.25) is 0 Å². The summed E-state index contributed by atoms with van der Waals surface area (Å²) >= 11 is 0. The van der Waals surface area contributed by atoms with Gasteiger partial charge >= 0.3 is 0 Å². The van der Waals surface area contributed by atoms with Crippen LogP contribution < -0.4 is 21.2 Å². The average Bonchev–Trinajstić information content (AvgIpc) is 2.90. The van der Waals surface area contributed by atoms with Crippen LogP contribution in [0.1, 0.15) is 6.42 Å². The number of benzene rings is 4. The maximum Gasteiger partial charge on any atom is 0.0443 e. The molecule has 0 unspecified atom stereocenters. The molecule has 0 atom stereocenters. The molecular weight excluding hydrogens is 440 g/mol. The fourth-order valence-electron chi connectivity index (χ4n) is 3.94. The maximum absolute atomic E-state index is 9.64. The summed E-state index contributed by atoms with van der Waals surface area (Å²) in [5, 5.41) is 15.2. The third-order valence-electron chi connectivity index (χ3n) is 5.59. The van der Waals surface area contributed by atoms with Crippen LogP contribution in [-0.2, 0) is 0 Å². The van der Waals surface area contributed by atoms with Crippen molar-refractivity contribution in [1.82, 2.24) is 4.90 Å². The van der Waals surface area contributed by atoms with Crippen LogP contribution in [0.25, 0.3) is 0 Å². The second-order valence-electron chi connectivity index (χ2n) is 7.95. The van der Waals surface area contributed by atoms with Gasteiger partial charge in [-0.1, -0.05) is 121 Å². The van der Waals surface area contributed by atoms with Gasteiger partial charge in [0.1, 0.15) is 0 Å². The Bertz CT molecular complexity index is 898. The molecular formula is C29H31NOP2. The van der Waals surface area contributed by atoms with Crippen LogP contribution in [0.3, 0.4) is 0 Å². The Balaban J connectivity index is 1.65. The van der Waals surface area contributed by atoms with Crippen LogP contribution in [0, 0.1) is 0 Å². The fraction of sp³-hybridized carbons (Fsp3) is 0.172. The lowest BCUT2D eigenvalue weighted by atomic mass is 10.4. The molecule has 33 heavy (non-hydrogen) atoms. The van der Waals surface area contributed by atoms with Crippen LogP contribution in [-0.4, -0.2) is 35.7 Å². The van der Waals surface area contributed by atoms with Gasteiger partial charge in [-0.05, 0) is 43.5 Å². The highest BCUT2D eigenvalue weighted by Gasteiger charge is 2.22. The molecule has 4 aromatic rings. The summed E-state index contributed by atoms with van der Waals surface area (Å²) in [4.78, 5) is 2.59. The first-order chi connectivity index (χ1) is 16.3. The molecule has 0 amide bonds. The lowest BCUT2D eigenvalue weighted by molar-refractivity contribution is 0.256. The second-order valence-corrected chi connectivity index (χ2v) is 12.3. The van der Waals surface area contributed by atoms with Crippen molar-refractivity contribution in [1.29, 1.82) is 0 Å². The molecule has 0 aliphatic rings. The predicted molar refractivity (Wildman–Crippen MR) is 146 cm³/mol. The number of hydrogen-bond acceptors (Lipinski definition) is 2. The number of aliphatic hydroxyl groups is 1. The molecule has 0 saturated carbocycles. The fourth-order valence-corrected chi connectivity index (χ4v) is 8.76. The van der Waals surface area contributed by atoms with E-state index in [1.807, 2.05) is 0 Å². The van der Waals surface area contributed by atoms with E-state index in [1.54, 1.807) is 0 Å². The summed E-state index contributed by atoms with van der Waals surface area (Å²) in [6.45, 7) is 1.12. The Hall–Kier alpha value is -2.34. The number of hydrogen-bond donors (Lipinski definition) is 1. The molecule has 4 rings (SSSR count). The van der Waals surface area contributed by atoms with Crippen molar-refractivity contribution in [3.8, 4) is 0 Å². The summed E-state index contributed by atoms with van der Waals surface area (Å²) in [7, 11) is -1.04. The van der Waals surface area contributed by atoms with Crippen LogP contribution in [0.5, 0.6) is 0 Å². The number of aliphatic hydroxyl groups excluding tert-OH is 1. The summed E-state index contributed by atoms with van der Waals surface area (Å²) in [5.74, 6) is 0. The minimum Gasteiger partial charge on any atom is -0.396 e. The smallest absolute Gasteiger partial charge is 0.0443 e. The molecule has 2 nitrogen and oxygen atoms in total. The van der Waals surface area contributed by atoms with Gasteiger partial charge in [-0.3, -0.25) is 4.90 Å². The van der Waals surface area contributed by atoms with E-state index in [0.29, 0.717) is 0 Å². The highest BCUT2D eigenvalue weighted by molar-refractivity contribution is 7.73. The second kappa shape index (κ2) is 12.8. The monoisotopic (exact) mass is 471 g/mol. The molecule has 1 N–H and O–H groups in total. The number of nitrogens with zero attached hydrogens (tertiary/aromatic N) is 1. The van der Waals surface area contributed by atoms with Gasteiger partial charge in [-0.25, -0.2) is 0 Å². The van der Waals surface area contributed by atoms with E-state index in [-0.39, 0.29) is 6.61 Å². The summed E-state index contributed by atoms with van der Waals surface area (Å²) < 4.78 is 0. The minimum atomic E-state index is -0.521. The average molecular weight is 472 g/mol. The Morgan fingerprint density at radius 1 is 0.485 bits per heavy atom. The van der Waals surface area contributed by atoms with E-state index in [1.165, 1.54) is 21.2 Å². The first kappa shape index (κ1) is 23.8. The van der Waals surface area contributed by atoms with Crippen molar-refractivity contribution >= 4 is 37.1 Å². The zero-order chi connectivity index (χ0) is 22.7. The van der Waals surface area contributed by atoms with E-state index in [9.17, 15) is 5.11 Å². The summed E-state index contributed by atoms with van der Waals surface area (Å²) in [5.41, 5.74) is 0. The van der Waals surface area contributed by atoms with E-state index < -0.39 is 15.8 Å². The molecule has 0 radical (unpaired) electrons. The Labute approximate surface area is 200 Å². The van der Waals surface area contributed by atoms with E-state index in [4.69, 9.17) is 0 Å². The molecule has 0 saturated heterocycles. The minimum absolute atomic E-state index is 0.222. The molecule has 0 aliphatic heterocycles.